The van der Waals surface area contributed by atoms with Crippen LogP contribution in [0, 0.1) is 0 Å². The van der Waals surface area contributed by atoms with E-state index in [-0.39, 0.29) is 24.8 Å². The fourth-order valence-electron chi connectivity index (χ4n) is 1.99. The van der Waals surface area contributed by atoms with Gasteiger partial charge in [0.05, 0.1) is 10.6 Å². The Morgan fingerprint density at radius 1 is 1.17 bits per heavy atom. The Balaban J connectivity index is 1.46. The number of carbonyl (C=O) groups is 2. The number of nitrogens with zero attached hydrogens (tertiary/aromatic N) is 4. The van der Waals surface area contributed by atoms with Gasteiger partial charge in [-0.2, -0.15) is 0 Å². The van der Waals surface area contributed by atoms with Crippen molar-refractivity contribution < 1.29 is 9.59 Å². The van der Waals surface area contributed by atoms with Crippen LogP contribution >= 0.6 is 11.3 Å². The first kappa shape index (κ1) is 15.8. The summed E-state index contributed by atoms with van der Waals surface area (Å²) >= 11 is 1.36. The van der Waals surface area contributed by atoms with E-state index in [4.69, 9.17) is 0 Å². The summed E-state index contributed by atoms with van der Waals surface area (Å²) in [5.74, 6) is -0.333. The predicted octanol–water partition coefficient (Wildman–Crippen LogP) is 1.48. The van der Waals surface area contributed by atoms with Crippen LogP contribution < -0.4 is 10.6 Å². The molecule has 2 heterocycles. The normalized spacial score (nSPS) is 10.3. The average Bonchev–Trinajstić information content (AvgIpc) is 3.29. The van der Waals surface area contributed by atoms with Crippen LogP contribution in [0.1, 0.15) is 16.1 Å². The second kappa shape index (κ2) is 7.47. The monoisotopic (exact) mass is 342 g/mol. The number of tetrazole rings is 1. The number of thiophene rings is 1. The summed E-state index contributed by atoms with van der Waals surface area (Å²) < 4.78 is 1.52. The third kappa shape index (κ3) is 4.02. The summed E-state index contributed by atoms with van der Waals surface area (Å²) in [6.45, 7) is 0.283. The molecule has 0 saturated carbocycles. The van der Waals surface area contributed by atoms with E-state index in [1.165, 1.54) is 22.3 Å². The van der Waals surface area contributed by atoms with Gasteiger partial charge < -0.3 is 10.6 Å². The van der Waals surface area contributed by atoms with Crippen molar-refractivity contribution in [2.45, 2.75) is 6.42 Å². The van der Waals surface area contributed by atoms with E-state index in [9.17, 15) is 9.59 Å². The van der Waals surface area contributed by atoms with Gasteiger partial charge in [0.15, 0.2) is 0 Å². The van der Waals surface area contributed by atoms with Crippen molar-refractivity contribution in [2.75, 3.05) is 11.9 Å². The first-order valence-corrected chi connectivity index (χ1v) is 8.05. The Hall–Kier alpha value is -3.07. The molecule has 0 bridgehead atoms. The summed E-state index contributed by atoms with van der Waals surface area (Å²) in [5.41, 5.74) is 1.46. The molecular weight excluding hydrogens is 328 g/mol. The molecule has 0 radical (unpaired) electrons. The van der Waals surface area contributed by atoms with Gasteiger partial charge in [0, 0.05) is 18.7 Å². The van der Waals surface area contributed by atoms with Crippen molar-refractivity contribution in [1.29, 1.82) is 0 Å². The molecule has 0 aliphatic carbocycles. The van der Waals surface area contributed by atoms with Crippen molar-refractivity contribution >= 4 is 28.8 Å². The van der Waals surface area contributed by atoms with Gasteiger partial charge in [0.25, 0.3) is 5.91 Å². The van der Waals surface area contributed by atoms with E-state index in [2.05, 4.69) is 26.2 Å². The van der Waals surface area contributed by atoms with E-state index in [0.29, 0.717) is 10.6 Å². The molecule has 0 fully saturated rings. The Labute approximate surface area is 141 Å². The van der Waals surface area contributed by atoms with Crippen LogP contribution in [0.2, 0.25) is 0 Å². The second-order valence-corrected chi connectivity index (χ2v) is 5.78. The quantitative estimate of drug-likeness (QED) is 0.706. The van der Waals surface area contributed by atoms with E-state index in [1.54, 1.807) is 30.3 Å². The van der Waals surface area contributed by atoms with Gasteiger partial charge in [0.2, 0.25) is 5.91 Å². The Kier molecular flexibility index (Phi) is 4.92. The Morgan fingerprint density at radius 3 is 2.67 bits per heavy atom. The smallest absolute Gasteiger partial charge is 0.261 e. The molecule has 0 aliphatic rings. The van der Waals surface area contributed by atoms with Crippen molar-refractivity contribution in [3.8, 4) is 5.69 Å². The highest BCUT2D eigenvalue weighted by molar-refractivity contribution is 7.12. The highest BCUT2D eigenvalue weighted by atomic mass is 32.1. The molecule has 2 aromatic heterocycles. The zero-order chi connectivity index (χ0) is 16.8. The number of hydrogen-bond donors (Lipinski definition) is 2. The largest absolute Gasteiger partial charge is 0.351 e. The summed E-state index contributed by atoms with van der Waals surface area (Å²) in [4.78, 5) is 24.3. The molecular formula is C15H14N6O2S. The maximum Gasteiger partial charge on any atom is 0.261 e. The molecule has 0 saturated heterocycles. The van der Waals surface area contributed by atoms with E-state index in [1.807, 2.05) is 11.4 Å². The first-order chi connectivity index (χ1) is 11.7. The number of nitrogens with one attached hydrogen (secondary N) is 2. The Bertz CT molecular complexity index is 799. The van der Waals surface area contributed by atoms with Crippen LogP contribution in [0.4, 0.5) is 5.69 Å². The van der Waals surface area contributed by atoms with E-state index in [0.717, 1.165) is 5.69 Å². The molecule has 2 amide bonds. The van der Waals surface area contributed by atoms with E-state index >= 15 is 0 Å². The van der Waals surface area contributed by atoms with Crippen LogP contribution in [-0.4, -0.2) is 38.6 Å². The molecule has 2 N–H and O–H groups in total. The third-order valence-corrected chi connectivity index (χ3v) is 4.02. The number of aromatic nitrogens is 4. The first-order valence-electron chi connectivity index (χ1n) is 7.17. The molecule has 8 nitrogen and oxygen atoms in total. The van der Waals surface area contributed by atoms with Gasteiger partial charge in [-0.25, -0.2) is 4.68 Å². The van der Waals surface area contributed by atoms with Crippen molar-refractivity contribution in [2.24, 2.45) is 0 Å². The van der Waals surface area contributed by atoms with Gasteiger partial charge >= 0.3 is 0 Å². The van der Waals surface area contributed by atoms with Gasteiger partial charge in [0.1, 0.15) is 6.33 Å². The standard InChI is InChI=1S/C15H14N6O2S/c22-14(7-8-16-15(23)13-2-1-9-24-13)18-11-3-5-12(6-4-11)21-10-17-19-20-21/h1-6,9-10H,7-8H2,(H,16,23)(H,18,22). The zero-order valence-electron chi connectivity index (χ0n) is 12.5. The lowest BCUT2D eigenvalue weighted by Crippen LogP contribution is -2.27. The minimum atomic E-state index is -0.170. The summed E-state index contributed by atoms with van der Waals surface area (Å²) in [6, 6.07) is 10.7. The molecule has 0 atom stereocenters. The Morgan fingerprint density at radius 2 is 2.00 bits per heavy atom. The molecule has 9 heteroatoms. The summed E-state index contributed by atoms with van der Waals surface area (Å²) in [6.07, 6.45) is 1.69. The number of amides is 2. The maximum absolute atomic E-state index is 11.9. The number of rotatable bonds is 6. The minimum Gasteiger partial charge on any atom is -0.351 e. The fourth-order valence-corrected chi connectivity index (χ4v) is 2.63. The van der Waals surface area contributed by atoms with E-state index < -0.39 is 0 Å². The van der Waals surface area contributed by atoms with Gasteiger partial charge in [-0.05, 0) is 46.1 Å². The number of hydrogen-bond acceptors (Lipinski definition) is 6. The lowest BCUT2D eigenvalue weighted by atomic mass is 10.2. The predicted molar refractivity (Wildman–Crippen MR) is 89.1 cm³/mol. The van der Waals surface area contributed by atoms with Gasteiger partial charge in [-0.1, -0.05) is 6.07 Å². The second-order valence-electron chi connectivity index (χ2n) is 4.83. The topological polar surface area (TPSA) is 102 Å². The minimum absolute atomic E-state index is 0.163. The van der Waals surface area contributed by atoms with Crippen LogP contribution in [0.5, 0.6) is 0 Å². The molecule has 3 aromatic rings. The van der Waals surface area contributed by atoms with Crippen LogP contribution in [0.3, 0.4) is 0 Å². The van der Waals surface area contributed by atoms with Crippen molar-refractivity contribution in [3.63, 3.8) is 0 Å². The zero-order valence-corrected chi connectivity index (χ0v) is 13.4. The SMILES string of the molecule is O=C(CCNC(=O)c1cccs1)Nc1ccc(-n2cnnn2)cc1. The molecule has 0 unspecified atom stereocenters. The van der Waals surface area contributed by atoms with Crippen LogP contribution in [0.25, 0.3) is 5.69 Å². The maximum atomic E-state index is 11.9. The van der Waals surface area contributed by atoms with Crippen LogP contribution in [-0.2, 0) is 4.79 Å². The fraction of sp³-hybridized carbons (Fsp3) is 0.133. The lowest BCUT2D eigenvalue weighted by Gasteiger charge is -2.07. The molecule has 122 valence electrons. The molecule has 1 aromatic carbocycles. The summed E-state index contributed by atoms with van der Waals surface area (Å²) in [7, 11) is 0. The lowest BCUT2D eigenvalue weighted by molar-refractivity contribution is -0.116. The van der Waals surface area contributed by atoms with Gasteiger partial charge in [-0.15, -0.1) is 16.4 Å². The number of benzene rings is 1. The molecule has 24 heavy (non-hydrogen) atoms. The number of anilines is 1. The molecule has 0 aliphatic heterocycles. The molecule has 0 spiro atoms. The van der Waals surface area contributed by atoms with Crippen molar-refractivity contribution in [3.05, 3.63) is 53.0 Å². The number of carbonyl (C=O) groups excluding carboxylic acids is 2. The van der Waals surface area contributed by atoms with Crippen molar-refractivity contribution in [1.82, 2.24) is 25.5 Å². The van der Waals surface area contributed by atoms with Crippen LogP contribution in [0.15, 0.2) is 48.1 Å². The average molecular weight is 342 g/mol. The summed E-state index contributed by atoms with van der Waals surface area (Å²) in [5, 5.41) is 18.2. The molecule has 3 rings (SSSR count). The third-order valence-electron chi connectivity index (χ3n) is 3.15. The highest BCUT2D eigenvalue weighted by Gasteiger charge is 2.07. The van der Waals surface area contributed by atoms with Gasteiger partial charge in [-0.3, -0.25) is 9.59 Å². The highest BCUT2D eigenvalue weighted by Crippen LogP contribution is 2.12.